The van der Waals surface area contributed by atoms with Crippen molar-refractivity contribution in [2.24, 2.45) is 0 Å². The third-order valence-corrected chi connectivity index (χ3v) is 3.28. The first kappa shape index (κ1) is 11.7. The van der Waals surface area contributed by atoms with Gasteiger partial charge < -0.3 is 10.4 Å². The molecule has 1 aromatic rings. The van der Waals surface area contributed by atoms with E-state index in [2.05, 4.69) is 30.6 Å². The molecule has 3 heteroatoms. The zero-order chi connectivity index (χ0) is 10.4. The zero-order valence-electron chi connectivity index (χ0n) is 8.92. The number of hydrogen-bond donors (Lipinski definition) is 2. The molecule has 80 valence electrons. The van der Waals surface area contributed by atoms with E-state index in [9.17, 15) is 5.11 Å². The van der Waals surface area contributed by atoms with Crippen LogP contribution in [0.25, 0.3) is 0 Å². The fourth-order valence-corrected chi connectivity index (χ4v) is 2.25. The van der Waals surface area contributed by atoms with Crippen LogP contribution in [0.5, 0.6) is 0 Å². The molecule has 14 heavy (non-hydrogen) atoms. The molecule has 0 aromatic carbocycles. The third-order valence-electron chi connectivity index (χ3n) is 2.26. The summed E-state index contributed by atoms with van der Waals surface area (Å²) in [6.45, 7) is 5.79. The van der Waals surface area contributed by atoms with Crippen molar-refractivity contribution in [1.82, 2.24) is 5.32 Å². The summed E-state index contributed by atoms with van der Waals surface area (Å²) in [5.74, 6) is 0. The van der Waals surface area contributed by atoms with Crippen molar-refractivity contribution in [3.8, 4) is 0 Å². The summed E-state index contributed by atoms with van der Waals surface area (Å²) in [6, 6.07) is 2.13. The average Bonchev–Trinajstić information content (AvgIpc) is 2.52. The maximum atomic E-state index is 9.49. The van der Waals surface area contributed by atoms with Gasteiger partial charge in [0.05, 0.1) is 6.10 Å². The van der Waals surface area contributed by atoms with Gasteiger partial charge in [-0.15, -0.1) is 11.3 Å². The highest BCUT2D eigenvalue weighted by Crippen LogP contribution is 2.14. The van der Waals surface area contributed by atoms with Crippen LogP contribution in [-0.4, -0.2) is 17.8 Å². The molecule has 1 aromatic heterocycles. The van der Waals surface area contributed by atoms with Crippen LogP contribution >= 0.6 is 11.3 Å². The van der Waals surface area contributed by atoms with Crippen molar-refractivity contribution in [3.63, 3.8) is 0 Å². The van der Waals surface area contributed by atoms with E-state index < -0.39 is 0 Å². The smallest absolute Gasteiger partial charge is 0.0664 e. The number of thiophene rings is 1. The second-order valence-electron chi connectivity index (χ2n) is 3.60. The summed E-state index contributed by atoms with van der Waals surface area (Å²) in [4.78, 5) is 1.37. The fraction of sp³-hybridized carbons (Fsp3) is 0.636. The molecule has 2 N–H and O–H groups in total. The van der Waals surface area contributed by atoms with Gasteiger partial charge in [0.15, 0.2) is 0 Å². The number of hydrogen-bond acceptors (Lipinski definition) is 3. The molecule has 0 aliphatic heterocycles. The summed E-state index contributed by atoms with van der Waals surface area (Å²) in [6.07, 6.45) is 1.73. The summed E-state index contributed by atoms with van der Waals surface area (Å²) >= 11 is 1.77. The summed E-state index contributed by atoms with van der Waals surface area (Å²) < 4.78 is 0. The Kier molecular flexibility index (Phi) is 5.15. The van der Waals surface area contributed by atoms with Gasteiger partial charge in [-0.1, -0.05) is 13.3 Å². The highest BCUT2D eigenvalue weighted by atomic mass is 32.1. The minimum absolute atomic E-state index is 0.194. The number of aliphatic hydroxyl groups excluding tert-OH is 1. The van der Waals surface area contributed by atoms with Crippen LogP contribution in [0, 0.1) is 6.92 Å². The van der Waals surface area contributed by atoms with Crippen LogP contribution in [0.4, 0.5) is 0 Å². The molecule has 0 spiro atoms. The largest absolute Gasteiger partial charge is 0.392 e. The zero-order valence-corrected chi connectivity index (χ0v) is 9.73. The Balaban J connectivity index is 2.19. The molecule has 0 fully saturated rings. The van der Waals surface area contributed by atoms with E-state index >= 15 is 0 Å². The lowest BCUT2D eigenvalue weighted by atomic mass is 10.2. The Hall–Kier alpha value is -0.380. The number of aryl methyl sites for hydroxylation is 1. The lowest BCUT2D eigenvalue weighted by molar-refractivity contribution is 0.160. The Morgan fingerprint density at radius 1 is 1.57 bits per heavy atom. The van der Waals surface area contributed by atoms with Crippen molar-refractivity contribution in [2.75, 3.05) is 6.54 Å². The van der Waals surface area contributed by atoms with Gasteiger partial charge in [-0.05, 0) is 30.4 Å². The van der Waals surface area contributed by atoms with Crippen molar-refractivity contribution in [3.05, 3.63) is 21.9 Å². The van der Waals surface area contributed by atoms with Gasteiger partial charge in [-0.25, -0.2) is 0 Å². The number of nitrogens with one attached hydrogen (secondary N) is 1. The van der Waals surface area contributed by atoms with Crippen LogP contribution in [0.3, 0.4) is 0 Å². The SMILES string of the molecule is CCCC(O)CNCc1sccc1C. The molecule has 1 unspecified atom stereocenters. The van der Waals surface area contributed by atoms with Gasteiger partial charge in [-0.2, -0.15) is 0 Å². The Morgan fingerprint density at radius 3 is 2.93 bits per heavy atom. The van der Waals surface area contributed by atoms with Crippen LogP contribution < -0.4 is 5.32 Å². The van der Waals surface area contributed by atoms with Crippen molar-refractivity contribution < 1.29 is 5.11 Å². The first-order valence-electron chi connectivity index (χ1n) is 5.15. The van der Waals surface area contributed by atoms with Gasteiger partial charge in [0.25, 0.3) is 0 Å². The quantitative estimate of drug-likeness (QED) is 0.760. The first-order valence-corrected chi connectivity index (χ1v) is 6.03. The first-order chi connectivity index (χ1) is 6.74. The maximum absolute atomic E-state index is 9.49. The molecule has 1 heterocycles. The molecule has 0 aliphatic carbocycles. The molecule has 0 saturated carbocycles. The Labute approximate surface area is 90.0 Å². The molecule has 2 nitrogen and oxygen atoms in total. The van der Waals surface area contributed by atoms with E-state index in [0.29, 0.717) is 6.54 Å². The molecule has 1 atom stereocenters. The Morgan fingerprint density at radius 2 is 2.36 bits per heavy atom. The van der Waals surface area contributed by atoms with Crippen molar-refractivity contribution >= 4 is 11.3 Å². The van der Waals surface area contributed by atoms with E-state index in [4.69, 9.17) is 0 Å². The molecule has 0 radical (unpaired) electrons. The number of rotatable bonds is 6. The monoisotopic (exact) mass is 213 g/mol. The topological polar surface area (TPSA) is 32.3 Å². The van der Waals surface area contributed by atoms with Gasteiger partial charge in [0, 0.05) is 18.0 Å². The molecule has 1 rings (SSSR count). The van der Waals surface area contributed by atoms with E-state index in [1.165, 1.54) is 10.4 Å². The predicted molar refractivity (Wildman–Crippen MR) is 61.7 cm³/mol. The summed E-state index contributed by atoms with van der Waals surface area (Å²) in [5, 5.41) is 14.9. The van der Waals surface area contributed by atoms with E-state index in [-0.39, 0.29) is 6.10 Å². The van der Waals surface area contributed by atoms with Gasteiger partial charge in [0.2, 0.25) is 0 Å². The predicted octanol–water partition coefficient (Wildman–Crippen LogP) is 2.31. The molecular weight excluding hydrogens is 194 g/mol. The highest BCUT2D eigenvalue weighted by Gasteiger charge is 2.03. The van der Waals surface area contributed by atoms with Crippen LogP contribution in [0.2, 0.25) is 0 Å². The molecule has 0 saturated heterocycles. The third kappa shape index (κ3) is 3.78. The fourth-order valence-electron chi connectivity index (χ4n) is 1.37. The number of aliphatic hydroxyl groups is 1. The van der Waals surface area contributed by atoms with Crippen LogP contribution in [-0.2, 0) is 6.54 Å². The molecule has 0 bridgehead atoms. The van der Waals surface area contributed by atoms with Gasteiger partial charge >= 0.3 is 0 Å². The summed E-state index contributed by atoms with van der Waals surface area (Å²) in [7, 11) is 0. The van der Waals surface area contributed by atoms with E-state index in [1.807, 2.05) is 0 Å². The maximum Gasteiger partial charge on any atom is 0.0664 e. The molecule has 0 aliphatic rings. The second-order valence-corrected chi connectivity index (χ2v) is 4.60. The molecular formula is C11H19NOS. The standard InChI is InChI=1S/C11H19NOS/c1-3-4-10(13)7-12-8-11-9(2)5-6-14-11/h5-6,10,12-13H,3-4,7-8H2,1-2H3. The van der Waals surface area contributed by atoms with Gasteiger partial charge in [-0.3, -0.25) is 0 Å². The highest BCUT2D eigenvalue weighted by molar-refractivity contribution is 7.10. The minimum atomic E-state index is -0.194. The minimum Gasteiger partial charge on any atom is -0.392 e. The lowest BCUT2D eigenvalue weighted by Gasteiger charge is -2.10. The van der Waals surface area contributed by atoms with E-state index in [0.717, 1.165) is 19.4 Å². The molecule has 0 amide bonds. The Bertz CT molecular complexity index is 260. The lowest BCUT2D eigenvalue weighted by Crippen LogP contribution is -2.26. The second kappa shape index (κ2) is 6.17. The summed E-state index contributed by atoms with van der Waals surface area (Å²) in [5.41, 5.74) is 1.34. The normalized spacial score (nSPS) is 13.1. The van der Waals surface area contributed by atoms with Crippen LogP contribution in [0.15, 0.2) is 11.4 Å². The van der Waals surface area contributed by atoms with Gasteiger partial charge in [0.1, 0.15) is 0 Å². The van der Waals surface area contributed by atoms with Crippen molar-refractivity contribution in [1.29, 1.82) is 0 Å². The van der Waals surface area contributed by atoms with E-state index in [1.54, 1.807) is 11.3 Å². The average molecular weight is 213 g/mol. The van der Waals surface area contributed by atoms with Crippen LogP contribution in [0.1, 0.15) is 30.2 Å². The van der Waals surface area contributed by atoms with Crippen molar-refractivity contribution in [2.45, 2.75) is 39.3 Å².